The van der Waals surface area contributed by atoms with Crippen LogP contribution in [0.15, 0.2) is 59.5 Å². The number of nitrogens with one attached hydrogen (secondary N) is 1. The lowest BCUT2D eigenvalue weighted by molar-refractivity contribution is 0.0954. The van der Waals surface area contributed by atoms with Gasteiger partial charge in [0, 0.05) is 29.6 Å². The van der Waals surface area contributed by atoms with E-state index in [1.807, 2.05) is 12.1 Å². The largest absolute Gasteiger partial charge is 0.468 e. The van der Waals surface area contributed by atoms with Gasteiger partial charge in [-0.25, -0.2) is 13.9 Å². The standard InChI is InChI=1S/C21H19FN4O2S/c1-14-17(21(27)23-8-10-29-13-15-5-4-9-28-15)11-24-20-18(12-25-26(14)20)16-6-2-3-7-19(16)22/h2-7,9,11-12H,8,10,13H2,1H3,(H,23,27). The number of hydrogen-bond acceptors (Lipinski definition) is 5. The maximum absolute atomic E-state index is 14.1. The Labute approximate surface area is 171 Å². The van der Waals surface area contributed by atoms with E-state index >= 15 is 0 Å². The number of carbonyl (C=O) groups is 1. The number of furan rings is 1. The topological polar surface area (TPSA) is 72.4 Å². The summed E-state index contributed by atoms with van der Waals surface area (Å²) in [7, 11) is 0. The maximum Gasteiger partial charge on any atom is 0.254 e. The number of halogens is 1. The third-order valence-electron chi connectivity index (χ3n) is 4.53. The summed E-state index contributed by atoms with van der Waals surface area (Å²) < 4.78 is 21.0. The molecule has 0 atom stereocenters. The lowest BCUT2D eigenvalue weighted by Crippen LogP contribution is -2.27. The molecule has 148 valence electrons. The van der Waals surface area contributed by atoms with Crippen molar-refractivity contribution in [1.82, 2.24) is 19.9 Å². The number of rotatable bonds is 7. The van der Waals surface area contributed by atoms with Gasteiger partial charge in [-0.05, 0) is 25.1 Å². The monoisotopic (exact) mass is 410 g/mol. The normalized spacial score (nSPS) is 11.1. The third-order valence-corrected chi connectivity index (χ3v) is 5.51. The Kier molecular flexibility index (Phi) is 5.62. The van der Waals surface area contributed by atoms with E-state index in [0.29, 0.717) is 34.6 Å². The van der Waals surface area contributed by atoms with Crippen molar-refractivity contribution >= 4 is 23.3 Å². The molecule has 0 fully saturated rings. The zero-order valence-electron chi connectivity index (χ0n) is 15.8. The summed E-state index contributed by atoms with van der Waals surface area (Å²) in [5.74, 6) is 1.90. The van der Waals surface area contributed by atoms with E-state index in [-0.39, 0.29) is 11.7 Å². The Balaban J connectivity index is 1.45. The van der Waals surface area contributed by atoms with Gasteiger partial charge in [-0.2, -0.15) is 16.9 Å². The predicted molar refractivity (Wildman–Crippen MR) is 110 cm³/mol. The molecule has 0 aliphatic rings. The second kappa shape index (κ2) is 8.48. The molecular formula is C21H19FN4O2S. The molecule has 3 aromatic heterocycles. The van der Waals surface area contributed by atoms with E-state index in [4.69, 9.17) is 4.42 Å². The van der Waals surface area contributed by atoms with Crippen molar-refractivity contribution < 1.29 is 13.6 Å². The molecule has 0 saturated heterocycles. The van der Waals surface area contributed by atoms with Crippen LogP contribution in [0.3, 0.4) is 0 Å². The van der Waals surface area contributed by atoms with Crippen LogP contribution in [-0.4, -0.2) is 32.8 Å². The summed E-state index contributed by atoms with van der Waals surface area (Å²) in [4.78, 5) is 16.9. The Morgan fingerprint density at radius 3 is 2.86 bits per heavy atom. The molecule has 8 heteroatoms. The number of benzene rings is 1. The van der Waals surface area contributed by atoms with Gasteiger partial charge >= 0.3 is 0 Å². The van der Waals surface area contributed by atoms with Gasteiger partial charge in [0.15, 0.2) is 5.65 Å². The van der Waals surface area contributed by atoms with Crippen LogP contribution in [0, 0.1) is 12.7 Å². The number of thioether (sulfide) groups is 1. The van der Waals surface area contributed by atoms with Gasteiger partial charge in [0.25, 0.3) is 5.91 Å². The molecule has 0 aliphatic heterocycles. The van der Waals surface area contributed by atoms with Crippen LogP contribution in [-0.2, 0) is 5.75 Å². The van der Waals surface area contributed by atoms with Crippen molar-refractivity contribution in [2.75, 3.05) is 12.3 Å². The fourth-order valence-electron chi connectivity index (χ4n) is 3.04. The molecule has 1 aromatic carbocycles. The van der Waals surface area contributed by atoms with E-state index in [1.165, 1.54) is 12.3 Å². The molecule has 4 aromatic rings. The highest BCUT2D eigenvalue weighted by Crippen LogP contribution is 2.26. The zero-order chi connectivity index (χ0) is 20.2. The zero-order valence-corrected chi connectivity index (χ0v) is 16.6. The van der Waals surface area contributed by atoms with Crippen LogP contribution < -0.4 is 5.32 Å². The van der Waals surface area contributed by atoms with Crippen LogP contribution >= 0.6 is 11.8 Å². The molecule has 3 heterocycles. The van der Waals surface area contributed by atoms with E-state index in [2.05, 4.69) is 15.4 Å². The SMILES string of the molecule is Cc1c(C(=O)NCCSCc2ccco2)cnc2c(-c3ccccc3F)cnn12. The summed E-state index contributed by atoms with van der Waals surface area (Å²) in [6.07, 6.45) is 4.74. The first-order valence-corrected chi connectivity index (χ1v) is 10.3. The molecule has 0 unspecified atom stereocenters. The average Bonchev–Trinajstić information content (AvgIpc) is 3.38. The summed E-state index contributed by atoms with van der Waals surface area (Å²) in [5, 5.41) is 7.21. The Hall–Kier alpha value is -3.13. The number of hydrogen-bond donors (Lipinski definition) is 1. The first-order valence-electron chi connectivity index (χ1n) is 9.11. The Morgan fingerprint density at radius 2 is 2.07 bits per heavy atom. The molecule has 1 N–H and O–H groups in total. The summed E-state index contributed by atoms with van der Waals surface area (Å²) in [6.45, 7) is 2.33. The first-order chi connectivity index (χ1) is 14.1. The third kappa shape index (κ3) is 4.02. The number of aryl methyl sites for hydroxylation is 1. The molecule has 29 heavy (non-hydrogen) atoms. The van der Waals surface area contributed by atoms with Gasteiger partial charge in [0.1, 0.15) is 11.6 Å². The van der Waals surface area contributed by atoms with Crippen LogP contribution in [0.4, 0.5) is 4.39 Å². The molecular weight excluding hydrogens is 391 g/mol. The molecule has 1 amide bonds. The Morgan fingerprint density at radius 1 is 1.21 bits per heavy atom. The van der Waals surface area contributed by atoms with Crippen molar-refractivity contribution in [3.05, 3.63) is 77.9 Å². The number of fused-ring (bicyclic) bond motifs is 1. The molecule has 0 aliphatic carbocycles. The van der Waals surface area contributed by atoms with Crippen molar-refractivity contribution in [1.29, 1.82) is 0 Å². The highest BCUT2D eigenvalue weighted by molar-refractivity contribution is 7.98. The molecule has 0 spiro atoms. The van der Waals surface area contributed by atoms with Crippen molar-refractivity contribution in [3.63, 3.8) is 0 Å². The number of amides is 1. The molecule has 4 rings (SSSR count). The smallest absolute Gasteiger partial charge is 0.254 e. The van der Waals surface area contributed by atoms with Crippen LogP contribution in [0.5, 0.6) is 0 Å². The van der Waals surface area contributed by atoms with Crippen LogP contribution in [0.25, 0.3) is 16.8 Å². The number of aromatic nitrogens is 3. The quantitative estimate of drug-likeness (QED) is 0.465. The molecule has 0 saturated carbocycles. The Bertz CT molecular complexity index is 1140. The number of nitrogens with zero attached hydrogens (tertiary/aromatic N) is 3. The maximum atomic E-state index is 14.1. The lowest BCUT2D eigenvalue weighted by atomic mass is 10.1. The fraction of sp³-hybridized carbons (Fsp3) is 0.190. The van der Waals surface area contributed by atoms with E-state index in [9.17, 15) is 9.18 Å². The fourth-order valence-corrected chi connectivity index (χ4v) is 3.79. The minimum atomic E-state index is -0.337. The van der Waals surface area contributed by atoms with E-state index in [1.54, 1.807) is 53.9 Å². The van der Waals surface area contributed by atoms with E-state index in [0.717, 1.165) is 17.3 Å². The van der Waals surface area contributed by atoms with Crippen LogP contribution in [0.2, 0.25) is 0 Å². The summed E-state index contributed by atoms with van der Waals surface area (Å²) in [5.41, 5.74) is 2.63. The summed E-state index contributed by atoms with van der Waals surface area (Å²) >= 11 is 1.68. The van der Waals surface area contributed by atoms with Crippen molar-refractivity contribution in [2.24, 2.45) is 0 Å². The molecule has 6 nitrogen and oxygen atoms in total. The van der Waals surface area contributed by atoms with Crippen molar-refractivity contribution in [3.8, 4) is 11.1 Å². The number of carbonyl (C=O) groups excluding carboxylic acids is 1. The van der Waals surface area contributed by atoms with Gasteiger partial charge in [0.2, 0.25) is 0 Å². The first kappa shape index (κ1) is 19.2. The second-order valence-electron chi connectivity index (χ2n) is 6.42. The van der Waals surface area contributed by atoms with Gasteiger partial charge < -0.3 is 9.73 Å². The van der Waals surface area contributed by atoms with Crippen LogP contribution in [0.1, 0.15) is 21.8 Å². The van der Waals surface area contributed by atoms with Gasteiger partial charge in [0.05, 0.1) is 29.5 Å². The minimum Gasteiger partial charge on any atom is -0.468 e. The van der Waals surface area contributed by atoms with Gasteiger partial charge in [-0.1, -0.05) is 18.2 Å². The molecule has 0 radical (unpaired) electrons. The summed E-state index contributed by atoms with van der Waals surface area (Å²) in [6, 6.07) is 10.3. The lowest BCUT2D eigenvalue weighted by Gasteiger charge is -2.09. The van der Waals surface area contributed by atoms with E-state index < -0.39 is 0 Å². The van der Waals surface area contributed by atoms with Gasteiger partial charge in [-0.3, -0.25) is 4.79 Å². The second-order valence-corrected chi connectivity index (χ2v) is 7.52. The highest BCUT2D eigenvalue weighted by atomic mass is 32.2. The minimum absolute atomic E-state index is 0.210. The van der Waals surface area contributed by atoms with Gasteiger partial charge in [-0.15, -0.1) is 0 Å². The average molecular weight is 410 g/mol. The predicted octanol–water partition coefficient (Wildman–Crippen LogP) is 4.10. The molecule has 0 bridgehead atoms. The van der Waals surface area contributed by atoms with Crippen molar-refractivity contribution in [2.45, 2.75) is 12.7 Å². The highest BCUT2D eigenvalue weighted by Gasteiger charge is 2.17.